The Balaban J connectivity index is 1.09. The van der Waals surface area contributed by atoms with Gasteiger partial charge in [0.05, 0.1) is 24.5 Å². The van der Waals surface area contributed by atoms with E-state index < -0.39 is 11.8 Å². The average molecular weight is 743 g/mol. The Morgan fingerprint density at radius 2 is 1.70 bits per heavy atom. The summed E-state index contributed by atoms with van der Waals surface area (Å²) >= 11 is 3.74. The number of nitrogens with zero attached hydrogens (tertiary/aromatic N) is 6. The minimum absolute atomic E-state index is 0.139. The molecule has 1 aliphatic carbocycles. The van der Waals surface area contributed by atoms with Gasteiger partial charge < -0.3 is 23.9 Å². The summed E-state index contributed by atoms with van der Waals surface area (Å²) in [5.74, 6) is 1.80. The van der Waals surface area contributed by atoms with Crippen LogP contribution in [0.1, 0.15) is 95.7 Å². The van der Waals surface area contributed by atoms with Crippen LogP contribution in [-0.2, 0) is 9.60 Å². The molecule has 1 saturated heterocycles. The minimum atomic E-state index is -0.516. The molecule has 7 rings (SSSR count). The molecule has 2 aromatic carbocycles. The number of pyridine rings is 1. The Labute approximate surface area is 314 Å². The molecule has 1 aliphatic heterocycles. The van der Waals surface area contributed by atoms with Crippen molar-refractivity contribution in [1.82, 2.24) is 29.7 Å². The molecule has 4 atom stereocenters. The number of ether oxygens (including phenoxy) is 2. The van der Waals surface area contributed by atoms with Crippen LogP contribution >= 0.6 is 12.9 Å². The second-order valence-corrected chi connectivity index (χ2v) is 15.2. The molecule has 0 bridgehead atoms. The van der Waals surface area contributed by atoms with E-state index in [1.54, 1.807) is 12.1 Å². The van der Waals surface area contributed by atoms with Gasteiger partial charge >= 0.3 is 6.03 Å². The maximum atomic E-state index is 15.3. The van der Waals surface area contributed by atoms with Crippen LogP contribution in [0.3, 0.4) is 0 Å². The molecule has 2 N–H and O–H groups in total. The number of aromatic nitrogens is 5. The van der Waals surface area contributed by atoms with E-state index in [4.69, 9.17) is 18.8 Å². The lowest BCUT2D eigenvalue weighted by atomic mass is 9.85. The number of thiol groups is 1. The van der Waals surface area contributed by atoms with Gasteiger partial charge in [0.25, 0.3) is 0 Å². The van der Waals surface area contributed by atoms with E-state index in [0.29, 0.717) is 42.2 Å². The average Bonchev–Trinajstić information content (AvgIpc) is 3.74. The third-order valence-corrected chi connectivity index (χ3v) is 10.3. The Bertz CT molecular complexity index is 2070. The van der Waals surface area contributed by atoms with E-state index in [-0.39, 0.29) is 36.5 Å². The summed E-state index contributed by atoms with van der Waals surface area (Å²) in [5.41, 5.74) is 3.21. The van der Waals surface area contributed by atoms with Gasteiger partial charge in [-0.15, -0.1) is 10.2 Å². The molecule has 53 heavy (non-hydrogen) atoms. The van der Waals surface area contributed by atoms with Crippen LogP contribution in [0, 0.1) is 5.82 Å². The van der Waals surface area contributed by atoms with Gasteiger partial charge in [0.15, 0.2) is 5.65 Å². The first-order valence-electron chi connectivity index (χ1n) is 18.3. The standard InChI is InChI=1S/C39H47FN8O4S/c1-24-9-8-10-25(2)47(24)38-44-43-35-18-14-27(23-46(35)38)52-33-17-16-31(28-11-6-7-12-29(28)33)41-37(49)42-36-22-34(39(3,4)5)45-48(36)32-21-26(13-15-30(32)40)50-19-20-51-53/h6-7,11-15,18,21-25,31,33,53H,8-10,16-17,19-20H2,1-5H3,(H2,41,42,49)/t24-,25+,31-,33+/m0/s1. The van der Waals surface area contributed by atoms with Crippen LogP contribution in [0.5, 0.6) is 11.5 Å². The number of halogens is 1. The molecule has 280 valence electrons. The van der Waals surface area contributed by atoms with Crippen molar-refractivity contribution in [3.63, 3.8) is 0 Å². The van der Waals surface area contributed by atoms with Gasteiger partial charge in [-0.05, 0) is 94.3 Å². The molecule has 0 spiro atoms. The van der Waals surface area contributed by atoms with E-state index in [0.717, 1.165) is 41.3 Å². The first-order chi connectivity index (χ1) is 25.5. The number of hydrogen-bond acceptors (Lipinski definition) is 9. The van der Waals surface area contributed by atoms with Crippen LogP contribution in [-0.4, -0.2) is 55.7 Å². The number of benzene rings is 2. The molecule has 3 aromatic heterocycles. The van der Waals surface area contributed by atoms with Crippen molar-refractivity contribution in [2.75, 3.05) is 23.4 Å². The van der Waals surface area contributed by atoms with Gasteiger partial charge in [-0.3, -0.25) is 9.72 Å². The molecule has 4 heterocycles. The number of nitrogens with one attached hydrogen (secondary N) is 2. The fourth-order valence-corrected chi connectivity index (χ4v) is 7.45. The summed E-state index contributed by atoms with van der Waals surface area (Å²) in [7, 11) is 0. The van der Waals surface area contributed by atoms with Gasteiger partial charge in [-0.1, -0.05) is 45.0 Å². The first kappa shape index (κ1) is 36.5. The van der Waals surface area contributed by atoms with Crippen molar-refractivity contribution < 1.29 is 22.8 Å². The predicted octanol–water partition coefficient (Wildman–Crippen LogP) is 8.14. The summed E-state index contributed by atoms with van der Waals surface area (Å²) < 4.78 is 35.9. The zero-order valence-electron chi connectivity index (χ0n) is 30.8. The molecule has 0 unspecified atom stereocenters. The summed E-state index contributed by atoms with van der Waals surface area (Å²) in [5, 5.41) is 19.8. The predicted molar refractivity (Wildman–Crippen MR) is 205 cm³/mol. The summed E-state index contributed by atoms with van der Waals surface area (Å²) in [6.07, 6.45) is 6.55. The third kappa shape index (κ3) is 7.79. The largest absolute Gasteiger partial charge is 0.491 e. The lowest BCUT2D eigenvalue weighted by Gasteiger charge is -2.39. The van der Waals surface area contributed by atoms with Gasteiger partial charge in [0.2, 0.25) is 5.95 Å². The lowest BCUT2D eigenvalue weighted by Crippen LogP contribution is -2.44. The number of urea groups is 1. The highest BCUT2D eigenvalue weighted by Crippen LogP contribution is 2.39. The van der Waals surface area contributed by atoms with E-state index in [1.807, 2.05) is 61.7 Å². The number of amides is 2. The van der Waals surface area contributed by atoms with Crippen molar-refractivity contribution in [2.45, 2.75) is 96.4 Å². The van der Waals surface area contributed by atoms with Crippen molar-refractivity contribution in [2.24, 2.45) is 0 Å². The highest BCUT2D eigenvalue weighted by Gasteiger charge is 2.32. The SMILES string of the molecule is C[C@@H]1CCC[C@H](C)N1c1nnc2ccc(O[C@@H]3CC[C@H](NC(=O)Nc4cc(C(C)(C)C)nn4-c4cc(OCCOS)ccc4F)c4ccccc43)cn12. The summed E-state index contributed by atoms with van der Waals surface area (Å²) in [6.45, 7) is 11.0. The smallest absolute Gasteiger partial charge is 0.320 e. The van der Waals surface area contributed by atoms with Gasteiger partial charge in [0, 0.05) is 29.6 Å². The number of hydrogen-bond donors (Lipinski definition) is 3. The van der Waals surface area contributed by atoms with Crippen LogP contribution in [0.2, 0.25) is 0 Å². The molecule has 0 radical (unpaired) electrons. The van der Waals surface area contributed by atoms with Gasteiger partial charge in [-0.25, -0.2) is 13.9 Å². The number of fused-ring (bicyclic) bond motifs is 2. The number of anilines is 2. The number of carbonyl (C=O) groups excluding carboxylic acids is 1. The Morgan fingerprint density at radius 3 is 2.45 bits per heavy atom. The number of rotatable bonds is 10. The minimum Gasteiger partial charge on any atom is -0.491 e. The molecular weight excluding hydrogens is 696 g/mol. The monoisotopic (exact) mass is 742 g/mol. The van der Waals surface area contributed by atoms with Crippen LogP contribution in [0.15, 0.2) is 66.9 Å². The molecule has 14 heteroatoms. The summed E-state index contributed by atoms with van der Waals surface area (Å²) in [6, 6.07) is 18.1. The highest BCUT2D eigenvalue weighted by molar-refractivity contribution is 7.75. The second-order valence-electron chi connectivity index (χ2n) is 15.0. The molecule has 2 amide bonds. The number of piperidine rings is 1. The van der Waals surface area contributed by atoms with E-state index in [2.05, 4.69) is 58.6 Å². The van der Waals surface area contributed by atoms with Gasteiger partial charge in [-0.2, -0.15) is 5.10 Å². The van der Waals surface area contributed by atoms with E-state index >= 15 is 4.39 Å². The summed E-state index contributed by atoms with van der Waals surface area (Å²) in [4.78, 5) is 16.1. The fraction of sp³-hybridized carbons (Fsp3) is 0.436. The lowest BCUT2D eigenvalue weighted by molar-refractivity contribution is 0.171. The third-order valence-electron chi connectivity index (χ3n) is 10.1. The zero-order valence-corrected chi connectivity index (χ0v) is 31.6. The quantitative estimate of drug-likeness (QED) is 0.0746. The van der Waals surface area contributed by atoms with Crippen LogP contribution in [0.4, 0.5) is 21.0 Å². The van der Waals surface area contributed by atoms with Crippen molar-refractivity contribution in [3.8, 4) is 17.2 Å². The Morgan fingerprint density at radius 1 is 0.943 bits per heavy atom. The maximum absolute atomic E-state index is 15.3. The first-order valence-corrected chi connectivity index (χ1v) is 18.6. The van der Waals surface area contributed by atoms with Gasteiger partial charge in [0.1, 0.15) is 41.5 Å². The topological polar surface area (TPSA) is 120 Å². The molecule has 0 saturated carbocycles. The number of carbonyl (C=O) groups is 1. The van der Waals surface area contributed by atoms with Crippen molar-refractivity contribution >= 4 is 36.4 Å². The molecule has 2 aliphatic rings. The second kappa shape index (κ2) is 15.3. The van der Waals surface area contributed by atoms with Crippen LogP contribution in [0.25, 0.3) is 11.3 Å². The van der Waals surface area contributed by atoms with E-state index in [1.165, 1.54) is 23.2 Å². The zero-order chi connectivity index (χ0) is 37.3. The molecule has 5 aromatic rings. The molecular formula is C39H47FN8O4S. The molecule has 12 nitrogen and oxygen atoms in total. The van der Waals surface area contributed by atoms with Crippen molar-refractivity contribution in [3.05, 3.63) is 89.5 Å². The normalized spacial score (nSPS) is 20.2. The highest BCUT2D eigenvalue weighted by atomic mass is 32.1. The van der Waals surface area contributed by atoms with Crippen LogP contribution < -0.4 is 25.0 Å². The maximum Gasteiger partial charge on any atom is 0.320 e. The fourth-order valence-electron chi connectivity index (χ4n) is 7.38. The van der Waals surface area contributed by atoms with E-state index in [9.17, 15) is 4.79 Å². The Hall–Kier alpha value is -4.82. The Kier molecular flexibility index (Phi) is 10.5. The molecule has 1 fully saturated rings. The van der Waals surface area contributed by atoms with Crippen molar-refractivity contribution in [1.29, 1.82) is 0 Å².